The maximum Gasteiger partial charge on any atom is 0.354 e. The molecule has 0 aliphatic rings. The molecular formula is C20H25NO5. The number of unbranched alkanes of at least 4 members (excludes halogenated alkanes) is 2. The lowest BCUT2D eigenvalue weighted by Crippen LogP contribution is -2.23. The van der Waals surface area contributed by atoms with Gasteiger partial charge in [0.25, 0.3) is 0 Å². The summed E-state index contributed by atoms with van der Waals surface area (Å²) in [6.07, 6.45) is 2.78. The number of carboxylic acid groups (broad SMARTS) is 1. The predicted molar refractivity (Wildman–Crippen MR) is 98.5 cm³/mol. The van der Waals surface area contributed by atoms with E-state index < -0.39 is 11.6 Å². The molecule has 0 fully saturated rings. The molecule has 1 aromatic carbocycles. The van der Waals surface area contributed by atoms with E-state index in [2.05, 4.69) is 4.98 Å². The molecule has 6 nitrogen and oxygen atoms in total. The Bertz CT molecular complexity index is 779. The third kappa shape index (κ3) is 6.02. The van der Waals surface area contributed by atoms with Gasteiger partial charge in [-0.1, -0.05) is 18.2 Å². The van der Waals surface area contributed by atoms with Crippen molar-refractivity contribution in [2.75, 3.05) is 6.61 Å². The van der Waals surface area contributed by atoms with Crippen molar-refractivity contribution in [2.24, 2.45) is 0 Å². The van der Waals surface area contributed by atoms with Gasteiger partial charge in [0.15, 0.2) is 0 Å². The van der Waals surface area contributed by atoms with Crippen molar-refractivity contribution >= 4 is 22.8 Å². The van der Waals surface area contributed by atoms with Crippen LogP contribution in [0.1, 0.15) is 56.9 Å². The standard InChI is InChI=1S/C20H25NO5/c1-20(2,3)26-17(22)10-5-4-6-13-25-16-9-7-8-14-11-12-15(19(23)24)21-18(14)16/h7-9,11-12H,4-6,10,13H2,1-3H3,(H,23,24). The molecule has 2 aromatic rings. The molecule has 0 bridgehead atoms. The van der Waals surface area contributed by atoms with Crippen molar-refractivity contribution in [3.05, 3.63) is 36.0 Å². The Labute approximate surface area is 153 Å². The second kappa shape index (κ2) is 8.65. The summed E-state index contributed by atoms with van der Waals surface area (Å²) in [4.78, 5) is 26.9. The van der Waals surface area contributed by atoms with E-state index in [0.717, 1.165) is 24.6 Å². The van der Waals surface area contributed by atoms with Crippen LogP contribution in [0.25, 0.3) is 10.9 Å². The number of benzene rings is 1. The highest BCUT2D eigenvalue weighted by Crippen LogP contribution is 2.24. The molecule has 0 saturated heterocycles. The van der Waals surface area contributed by atoms with Crippen LogP contribution in [0, 0.1) is 0 Å². The lowest BCUT2D eigenvalue weighted by molar-refractivity contribution is -0.154. The number of carboxylic acids is 1. The Morgan fingerprint density at radius 1 is 1.08 bits per heavy atom. The number of pyridine rings is 1. The highest BCUT2D eigenvalue weighted by molar-refractivity contribution is 5.91. The number of hydrogen-bond acceptors (Lipinski definition) is 5. The van der Waals surface area contributed by atoms with Crippen LogP contribution >= 0.6 is 0 Å². The lowest BCUT2D eigenvalue weighted by Gasteiger charge is -2.19. The van der Waals surface area contributed by atoms with Gasteiger partial charge in [-0.3, -0.25) is 4.79 Å². The molecule has 6 heteroatoms. The molecule has 1 heterocycles. The quantitative estimate of drug-likeness (QED) is 0.561. The van der Waals surface area contributed by atoms with Gasteiger partial charge in [-0.25, -0.2) is 9.78 Å². The zero-order valence-corrected chi connectivity index (χ0v) is 15.4. The highest BCUT2D eigenvalue weighted by Gasteiger charge is 2.15. The first-order valence-electron chi connectivity index (χ1n) is 8.74. The van der Waals surface area contributed by atoms with Crippen molar-refractivity contribution in [1.29, 1.82) is 0 Å². The first kappa shape index (κ1) is 19.7. The summed E-state index contributed by atoms with van der Waals surface area (Å²) < 4.78 is 11.0. The third-order valence-electron chi connectivity index (χ3n) is 3.61. The average molecular weight is 359 g/mol. The Kier molecular flexibility index (Phi) is 6.55. The van der Waals surface area contributed by atoms with Crippen LogP contribution in [0.2, 0.25) is 0 Å². The highest BCUT2D eigenvalue weighted by atomic mass is 16.6. The van der Waals surface area contributed by atoms with Gasteiger partial charge in [-0.2, -0.15) is 0 Å². The van der Waals surface area contributed by atoms with E-state index in [4.69, 9.17) is 14.6 Å². The van der Waals surface area contributed by atoms with Crippen molar-refractivity contribution in [1.82, 2.24) is 4.98 Å². The number of carbonyl (C=O) groups excluding carboxylic acids is 1. The van der Waals surface area contributed by atoms with Gasteiger partial charge in [0.1, 0.15) is 22.6 Å². The van der Waals surface area contributed by atoms with Gasteiger partial charge < -0.3 is 14.6 Å². The number of rotatable bonds is 8. The minimum atomic E-state index is -1.07. The molecule has 0 aliphatic carbocycles. The van der Waals surface area contributed by atoms with Gasteiger partial charge in [-0.15, -0.1) is 0 Å². The molecular weight excluding hydrogens is 334 g/mol. The summed E-state index contributed by atoms with van der Waals surface area (Å²) >= 11 is 0. The molecule has 0 radical (unpaired) electrons. The summed E-state index contributed by atoms with van der Waals surface area (Å²) in [6, 6.07) is 8.69. The normalized spacial score (nSPS) is 11.3. The smallest absolute Gasteiger partial charge is 0.354 e. The van der Waals surface area contributed by atoms with Gasteiger partial charge in [0, 0.05) is 11.8 Å². The van der Waals surface area contributed by atoms with Crippen LogP contribution < -0.4 is 4.74 Å². The average Bonchev–Trinajstić information content (AvgIpc) is 2.56. The second-order valence-corrected chi connectivity index (χ2v) is 7.08. The van der Waals surface area contributed by atoms with Crippen molar-refractivity contribution in [3.63, 3.8) is 0 Å². The monoisotopic (exact) mass is 359 g/mol. The van der Waals surface area contributed by atoms with Crippen LogP contribution in [0.5, 0.6) is 5.75 Å². The zero-order valence-electron chi connectivity index (χ0n) is 15.4. The van der Waals surface area contributed by atoms with E-state index in [-0.39, 0.29) is 11.7 Å². The Balaban J connectivity index is 1.82. The second-order valence-electron chi connectivity index (χ2n) is 7.08. The molecule has 26 heavy (non-hydrogen) atoms. The van der Waals surface area contributed by atoms with Crippen LogP contribution in [0.4, 0.5) is 0 Å². The molecule has 0 aliphatic heterocycles. The summed E-state index contributed by atoms with van der Waals surface area (Å²) in [5.74, 6) is -0.681. The summed E-state index contributed by atoms with van der Waals surface area (Å²) in [5.41, 5.74) is 0.0863. The number of carbonyl (C=O) groups is 2. The summed E-state index contributed by atoms with van der Waals surface area (Å²) in [6.45, 7) is 6.04. The van der Waals surface area contributed by atoms with Crippen LogP contribution in [0.15, 0.2) is 30.3 Å². The molecule has 1 aromatic heterocycles. The largest absolute Gasteiger partial charge is 0.491 e. The maximum atomic E-state index is 11.6. The molecule has 0 spiro atoms. The van der Waals surface area contributed by atoms with Gasteiger partial charge >= 0.3 is 11.9 Å². The van der Waals surface area contributed by atoms with Crippen LogP contribution in [-0.2, 0) is 9.53 Å². The molecule has 0 atom stereocenters. The molecule has 0 amide bonds. The number of esters is 1. The predicted octanol–water partition coefficient (Wildman–Crippen LogP) is 4.21. The van der Waals surface area contributed by atoms with E-state index in [1.807, 2.05) is 32.9 Å². The Morgan fingerprint density at radius 2 is 1.85 bits per heavy atom. The van der Waals surface area contributed by atoms with Crippen LogP contribution in [0.3, 0.4) is 0 Å². The first-order valence-corrected chi connectivity index (χ1v) is 8.74. The summed E-state index contributed by atoms with van der Waals surface area (Å²) in [7, 11) is 0. The molecule has 0 saturated carbocycles. The van der Waals surface area contributed by atoms with Gasteiger partial charge in [-0.05, 0) is 52.2 Å². The molecule has 140 valence electrons. The fraction of sp³-hybridized carbons (Fsp3) is 0.450. The van der Waals surface area contributed by atoms with E-state index in [0.29, 0.717) is 24.3 Å². The number of para-hydroxylation sites is 1. The topological polar surface area (TPSA) is 85.7 Å². The number of aromatic carboxylic acids is 1. The van der Waals surface area contributed by atoms with Crippen molar-refractivity contribution in [3.8, 4) is 5.75 Å². The Hall–Kier alpha value is -2.63. The van der Waals surface area contributed by atoms with Crippen molar-refractivity contribution in [2.45, 2.75) is 52.1 Å². The minimum absolute atomic E-state index is 0.00842. The van der Waals surface area contributed by atoms with E-state index in [1.54, 1.807) is 12.1 Å². The fourth-order valence-electron chi connectivity index (χ4n) is 2.48. The van der Waals surface area contributed by atoms with E-state index in [1.165, 1.54) is 6.07 Å². The third-order valence-corrected chi connectivity index (χ3v) is 3.61. The molecule has 0 unspecified atom stereocenters. The van der Waals surface area contributed by atoms with E-state index >= 15 is 0 Å². The number of ether oxygens (including phenoxy) is 2. The van der Waals surface area contributed by atoms with Gasteiger partial charge in [0.05, 0.1) is 6.61 Å². The minimum Gasteiger partial charge on any atom is -0.491 e. The van der Waals surface area contributed by atoms with E-state index in [9.17, 15) is 9.59 Å². The molecule has 2 rings (SSSR count). The molecule has 1 N–H and O–H groups in total. The lowest BCUT2D eigenvalue weighted by atomic mass is 10.1. The number of nitrogens with zero attached hydrogens (tertiary/aromatic N) is 1. The number of fused-ring (bicyclic) bond motifs is 1. The number of aromatic nitrogens is 1. The van der Waals surface area contributed by atoms with Gasteiger partial charge in [0.2, 0.25) is 0 Å². The summed E-state index contributed by atoms with van der Waals surface area (Å²) in [5, 5.41) is 9.91. The zero-order chi connectivity index (χ0) is 19.2. The first-order chi connectivity index (χ1) is 12.3. The fourth-order valence-corrected chi connectivity index (χ4v) is 2.48. The SMILES string of the molecule is CC(C)(C)OC(=O)CCCCCOc1cccc2ccc(C(=O)O)nc12. The van der Waals surface area contributed by atoms with Crippen molar-refractivity contribution < 1.29 is 24.2 Å². The van der Waals surface area contributed by atoms with Crippen LogP contribution in [-0.4, -0.2) is 34.2 Å². The Morgan fingerprint density at radius 3 is 2.54 bits per heavy atom. The maximum absolute atomic E-state index is 11.6. The number of hydrogen-bond donors (Lipinski definition) is 1.